The molecule has 220 valence electrons. The van der Waals surface area contributed by atoms with Gasteiger partial charge in [0.05, 0.1) is 35.0 Å². The maximum atomic E-state index is 13.9. The second-order valence-corrected chi connectivity index (χ2v) is 12.0. The van der Waals surface area contributed by atoms with Gasteiger partial charge in [0, 0.05) is 10.8 Å². The number of benzene rings is 3. The van der Waals surface area contributed by atoms with Crippen molar-refractivity contribution in [3.05, 3.63) is 105 Å². The highest BCUT2D eigenvalue weighted by Crippen LogP contribution is 2.54. The summed E-state index contributed by atoms with van der Waals surface area (Å²) in [7, 11) is 1.52. The van der Waals surface area contributed by atoms with Crippen LogP contribution in [0.1, 0.15) is 21.9 Å². The number of thioether (sulfide) groups is 1. The zero-order valence-corrected chi connectivity index (χ0v) is 24.0. The van der Waals surface area contributed by atoms with E-state index in [1.165, 1.54) is 19.2 Å². The molecule has 0 spiro atoms. The molecule has 3 amide bonds. The molecule has 0 saturated carbocycles. The molecule has 8 nitrogen and oxygen atoms in total. The number of para-hydroxylation sites is 2. The Kier molecular flexibility index (Phi) is 7.38. The zero-order valence-electron chi connectivity index (χ0n) is 22.3. The lowest BCUT2D eigenvalue weighted by Gasteiger charge is -2.30. The van der Waals surface area contributed by atoms with Gasteiger partial charge in [-0.25, -0.2) is 4.90 Å². The number of methoxy groups -OCH3 is 1. The standard InChI is InChI=1S/C30H22F3N3O5S2/c1-41-18-13-11-16(12-14-18)22-23-24(27(39)36(26(23)38)17-7-3-2-4-8-17)42-28-25(22)43-29(40)35(28)15-21(37)34-20-10-6-5-9-19(20)30(31,32)33/h2-14,22-24H,15H2,1H3,(H,34,37)/t22-,23-,24+/m0/s1. The number of alkyl halides is 3. The largest absolute Gasteiger partial charge is 0.497 e. The summed E-state index contributed by atoms with van der Waals surface area (Å²) in [5.41, 5.74) is -0.359. The summed E-state index contributed by atoms with van der Waals surface area (Å²) in [6.45, 7) is -0.582. The van der Waals surface area contributed by atoms with Crippen LogP contribution in [-0.2, 0) is 27.1 Å². The fourth-order valence-corrected chi connectivity index (χ4v) is 8.20. The fourth-order valence-electron chi connectivity index (χ4n) is 5.43. The number of carbonyl (C=O) groups is 3. The number of hydrogen-bond donors (Lipinski definition) is 1. The summed E-state index contributed by atoms with van der Waals surface area (Å²) in [6, 6.07) is 20.0. The number of carbonyl (C=O) groups excluding carboxylic acids is 3. The van der Waals surface area contributed by atoms with Gasteiger partial charge in [0.2, 0.25) is 17.7 Å². The molecule has 43 heavy (non-hydrogen) atoms. The number of anilines is 2. The number of aromatic nitrogens is 1. The molecule has 1 aromatic heterocycles. The summed E-state index contributed by atoms with van der Waals surface area (Å²) in [5.74, 6) is -2.66. The minimum absolute atomic E-state index is 0.326. The minimum atomic E-state index is -4.70. The van der Waals surface area contributed by atoms with E-state index in [2.05, 4.69) is 5.32 Å². The molecule has 2 aliphatic rings. The average molecular weight is 626 g/mol. The first-order chi connectivity index (χ1) is 20.6. The van der Waals surface area contributed by atoms with Gasteiger partial charge >= 0.3 is 11.0 Å². The normalized spacial score (nSPS) is 19.6. The van der Waals surface area contributed by atoms with Gasteiger partial charge in [-0.2, -0.15) is 13.2 Å². The Balaban J connectivity index is 1.40. The van der Waals surface area contributed by atoms with Crippen LogP contribution in [0, 0.1) is 5.92 Å². The smallest absolute Gasteiger partial charge is 0.418 e. The van der Waals surface area contributed by atoms with Crippen LogP contribution in [0.3, 0.4) is 0 Å². The van der Waals surface area contributed by atoms with Crippen LogP contribution >= 0.6 is 23.1 Å². The van der Waals surface area contributed by atoms with Crippen molar-refractivity contribution < 1.29 is 32.3 Å². The van der Waals surface area contributed by atoms with E-state index in [9.17, 15) is 32.3 Å². The van der Waals surface area contributed by atoms with E-state index in [0.29, 0.717) is 26.9 Å². The van der Waals surface area contributed by atoms with E-state index >= 15 is 0 Å². The highest BCUT2D eigenvalue weighted by atomic mass is 32.2. The summed E-state index contributed by atoms with van der Waals surface area (Å²) >= 11 is 1.87. The maximum absolute atomic E-state index is 13.9. The highest BCUT2D eigenvalue weighted by molar-refractivity contribution is 8.00. The van der Waals surface area contributed by atoms with Gasteiger partial charge in [0.15, 0.2) is 0 Å². The molecule has 4 aromatic rings. The van der Waals surface area contributed by atoms with Crippen molar-refractivity contribution in [2.24, 2.45) is 5.92 Å². The summed E-state index contributed by atoms with van der Waals surface area (Å²) in [5, 5.41) is 1.69. The number of hydrogen-bond acceptors (Lipinski definition) is 7. The second kappa shape index (κ2) is 11.0. The number of nitrogens with zero attached hydrogens (tertiary/aromatic N) is 2. The summed E-state index contributed by atoms with van der Waals surface area (Å²) in [6.07, 6.45) is -4.70. The number of fused-ring (bicyclic) bond motifs is 2. The van der Waals surface area contributed by atoms with Crippen LogP contribution in [0.25, 0.3) is 0 Å². The number of imide groups is 1. The predicted octanol–water partition coefficient (Wildman–Crippen LogP) is 5.37. The topological polar surface area (TPSA) is 97.7 Å². The van der Waals surface area contributed by atoms with E-state index in [1.807, 2.05) is 0 Å². The van der Waals surface area contributed by atoms with Crippen molar-refractivity contribution in [3.8, 4) is 5.75 Å². The predicted molar refractivity (Wildman–Crippen MR) is 156 cm³/mol. The Morgan fingerprint density at radius 1 is 0.930 bits per heavy atom. The van der Waals surface area contributed by atoms with Crippen molar-refractivity contribution in [1.29, 1.82) is 0 Å². The molecule has 0 bridgehead atoms. The van der Waals surface area contributed by atoms with Crippen LogP contribution in [0.4, 0.5) is 24.5 Å². The molecule has 3 heterocycles. The monoisotopic (exact) mass is 625 g/mol. The van der Waals surface area contributed by atoms with Crippen LogP contribution in [0.5, 0.6) is 5.75 Å². The molecule has 6 rings (SSSR count). The lowest BCUT2D eigenvalue weighted by Crippen LogP contribution is -2.33. The van der Waals surface area contributed by atoms with E-state index in [4.69, 9.17) is 4.74 Å². The number of thiazole rings is 1. The van der Waals surface area contributed by atoms with Crippen LogP contribution in [-0.4, -0.2) is 34.6 Å². The molecule has 0 radical (unpaired) electrons. The molecule has 1 saturated heterocycles. The summed E-state index contributed by atoms with van der Waals surface area (Å²) in [4.78, 5) is 55.0. The van der Waals surface area contributed by atoms with Crippen LogP contribution in [0.15, 0.2) is 88.7 Å². The van der Waals surface area contributed by atoms with E-state index in [0.717, 1.165) is 44.7 Å². The Morgan fingerprint density at radius 3 is 2.28 bits per heavy atom. The Bertz CT molecular complexity index is 1790. The van der Waals surface area contributed by atoms with Crippen molar-refractivity contribution in [3.63, 3.8) is 0 Å². The Morgan fingerprint density at radius 2 is 1.60 bits per heavy atom. The maximum Gasteiger partial charge on any atom is 0.418 e. The molecule has 2 aliphatic heterocycles. The zero-order chi connectivity index (χ0) is 30.5. The van der Waals surface area contributed by atoms with Crippen LogP contribution in [0.2, 0.25) is 0 Å². The van der Waals surface area contributed by atoms with Crippen molar-refractivity contribution in [2.45, 2.75) is 28.9 Å². The summed E-state index contributed by atoms with van der Waals surface area (Å²) < 4.78 is 46.9. The van der Waals surface area contributed by atoms with Gasteiger partial charge in [-0.15, -0.1) is 0 Å². The van der Waals surface area contributed by atoms with Crippen LogP contribution < -0.4 is 19.8 Å². The second-order valence-electron chi connectivity index (χ2n) is 9.88. The molecule has 3 aromatic carbocycles. The minimum Gasteiger partial charge on any atom is -0.497 e. The number of rotatable bonds is 6. The molecular formula is C30H22F3N3O5S2. The average Bonchev–Trinajstić information content (AvgIpc) is 3.43. The van der Waals surface area contributed by atoms with Crippen molar-refractivity contribution in [2.75, 3.05) is 17.3 Å². The third kappa shape index (κ3) is 5.12. The molecule has 1 N–H and O–H groups in total. The quantitative estimate of drug-likeness (QED) is 0.290. The van der Waals surface area contributed by atoms with Gasteiger partial charge in [-0.3, -0.25) is 23.7 Å². The molecule has 0 aliphatic carbocycles. The van der Waals surface area contributed by atoms with E-state index in [-0.39, 0.29) is 0 Å². The first kappa shape index (κ1) is 28.7. The van der Waals surface area contributed by atoms with Crippen molar-refractivity contribution >= 4 is 52.2 Å². The Hall–Kier alpha value is -4.36. The van der Waals surface area contributed by atoms with Gasteiger partial charge in [0.25, 0.3) is 0 Å². The number of amides is 3. The first-order valence-corrected chi connectivity index (χ1v) is 14.7. The Labute approximate surface area is 251 Å². The van der Waals surface area contributed by atoms with Gasteiger partial charge in [0.1, 0.15) is 17.5 Å². The number of nitrogens with one attached hydrogen (secondary N) is 1. The number of ether oxygens (including phenoxy) is 1. The van der Waals surface area contributed by atoms with E-state index in [1.54, 1.807) is 54.6 Å². The van der Waals surface area contributed by atoms with Gasteiger partial charge in [-0.05, 0) is 42.0 Å². The highest BCUT2D eigenvalue weighted by Gasteiger charge is 2.56. The first-order valence-electron chi connectivity index (χ1n) is 13.0. The van der Waals surface area contributed by atoms with Gasteiger partial charge in [-0.1, -0.05) is 65.6 Å². The van der Waals surface area contributed by atoms with E-state index < -0.39 is 63.7 Å². The molecule has 1 fully saturated rings. The molecule has 13 heteroatoms. The number of halogens is 3. The molecular weight excluding hydrogens is 603 g/mol. The SMILES string of the molecule is COc1ccc([C@@H]2c3sc(=O)n(CC(=O)Nc4ccccc4C(F)(F)F)c3S[C@H]3C(=O)N(c4ccccc4)C(=O)[C@@H]23)cc1. The molecule has 0 unspecified atom stereocenters. The lowest BCUT2D eigenvalue weighted by atomic mass is 9.83. The lowest BCUT2D eigenvalue weighted by molar-refractivity contribution is -0.137. The van der Waals surface area contributed by atoms with Crippen molar-refractivity contribution in [1.82, 2.24) is 4.57 Å². The molecule has 3 atom stereocenters. The van der Waals surface area contributed by atoms with Gasteiger partial charge < -0.3 is 10.1 Å². The third-order valence-electron chi connectivity index (χ3n) is 7.35. The fraction of sp³-hybridized carbons (Fsp3) is 0.200. The third-order valence-corrected chi connectivity index (χ3v) is 9.95.